The van der Waals surface area contributed by atoms with E-state index < -0.39 is 18.0 Å². The molecule has 1 aliphatic heterocycles. The summed E-state index contributed by atoms with van der Waals surface area (Å²) >= 11 is 1.30. The Balaban J connectivity index is 1.45. The lowest BCUT2D eigenvalue weighted by atomic mass is 10.2. The van der Waals surface area contributed by atoms with E-state index in [4.69, 9.17) is 0 Å². The summed E-state index contributed by atoms with van der Waals surface area (Å²) in [6, 6.07) is 9.51. The number of fused-ring (bicyclic) bond motifs is 1. The van der Waals surface area contributed by atoms with Crippen LogP contribution in [0.15, 0.2) is 42.5 Å². The number of benzene rings is 2. The van der Waals surface area contributed by atoms with Crippen LogP contribution < -0.4 is 10.1 Å². The number of aromatic nitrogens is 1. The molecule has 3 aromatic rings. The van der Waals surface area contributed by atoms with Crippen LogP contribution in [-0.2, 0) is 0 Å². The summed E-state index contributed by atoms with van der Waals surface area (Å²) in [6.07, 6.45) is -4.27. The van der Waals surface area contributed by atoms with Crippen molar-refractivity contribution in [2.75, 3.05) is 18.4 Å². The molecule has 29 heavy (non-hydrogen) atoms. The maximum absolute atomic E-state index is 13.3. The smallest absolute Gasteiger partial charge is 0.405 e. The number of nitrogens with zero attached hydrogens (tertiary/aromatic N) is 2. The Labute approximate surface area is 166 Å². The van der Waals surface area contributed by atoms with Crippen LogP contribution in [0.2, 0.25) is 0 Å². The lowest BCUT2D eigenvalue weighted by Crippen LogP contribution is -2.32. The van der Waals surface area contributed by atoms with Crippen molar-refractivity contribution >= 4 is 32.6 Å². The number of ether oxygens (including phenoxy) is 1. The Hall–Kier alpha value is -2.88. The topological polar surface area (TPSA) is 54.5 Å². The Morgan fingerprint density at radius 3 is 2.83 bits per heavy atom. The number of nitrogens with one attached hydrogen (secondary N) is 1. The maximum Gasteiger partial charge on any atom is 0.573 e. The zero-order valence-corrected chi connectivity index (χ0v) is 15.7. The lowest BCUT2D eigenvalue weighted by Gasteiger charge is -2.19. The molecule has 0 spiro atoms. The van der Waals surface area contributed by atoms with Gasteiger partial charge < -0.3 is 15.0 Å². The molecule has 0 bridgehead atoms. The van der Waals surface area contributed by atoms with E-state index in [1.54, 1.807) is 6.07 Å². The SMILES string of the molecule is O=C(c1ccccc1OC(F)(F)F)N1CC[C@@H](Nc2nc3ccc(F)cc3s2)C1. The van der Waals surface area contributed by atoms with Crippen molar-refractivity contribution < 1.29 is 27.1 Å². The van der Waals surface area contributed by atoms with E-state index in [2.05, 4.69) is 15.0 Å². The minimum absolute atomic E-state index is 0.111. The Morgan fingerprint density at radius 2 is 2.03 bits per heavy atom. The Morgan fingerprint density at radius 1 is 1.24 bits per heavy atom. The summed E-state index contributed by atoms with van der Waals surface area (Å²) in [6.45, 7) is 0.694. The van der Waals surface area contributed by atoms with Gasteiger partial charge in [0.1, 0.15) is 11.6 Å². The quantitative estimate of drug-likeness (QED) is 0.618. The van der Waals surface area contributed by atoms with Crippen LogP contribution in [0.1, 0.15) is 16.8 Å². The van der Waals surface area contributed by atoms with Gasteiger partial charge in [0, 0.05) is 19.1 Å². The third kappa shape index (κ3) is 4.42. The zero-order chi connectivity index (χ0) is 20.6. The van der Waals surface area contributed by atoms with Gasteiger partial charge in [0.2, 0.25) is 0 Å². The molecule has 5 nitrogen and oxygen atoms in total. The number of hydrogen-bond donors (Lipinski definition) is 1. The van der Waals surface area contributed by atoms with E-state index in [0.717, 1.165) is 6.07 Å². The van der Waals surface area contributed by atoms with Crippen LogP contribution in [0.5, 0.6) is 5.75 Å². The number of alkyl halides is 3. The first-order valence-electron chi connectivity index (χ1n) is 8.75. The molecule has 1 atom stereocenters. The molecule has 1 N–H and O–H groups in total. The summed E-state index contributed by atoms with van der Waals surface area (Å²) < 4.78 is 55.8. The first kappa shape index (κ1) is 19.4. The molecule has 0 unspecified atom stereocenters. The fourth-order valence-corrected chi connectivity index (χ4v) is 4.19. The number of halogens is 4. The van der Waals surface area contributed by atoms with Crippen molar-refractivity contribution in [3.8, 4) is 5.75 Å². The standard InChI is InChI=1S/C19H15F4N3O2S/c20-11-5-6-14-16(9-11)29-18(25-14)24-12-7-8-26(10-12)17(27)13-3-1-2-4-15(13)28-19(21,22)23/h1-6,9,12H,7-8,10H2,(H,24,25)/t12-/m1/s1. The molecule has 0 saturated carbocycles. The van der Waals surface area contributed by atoms with Gasteiger partial charge in [-0.3, -0.25) is 4.79 Å². The molecule has 1 amide bonds. The molecule has 0 aliphatic carbocycles. The first-order valence-corrected chi connectivity index (χ1v) is 9.57. The molecule has 4 rings (SSSR count). The number of carbonyl (C=O) groups is 1. The van der Waals surface area contributed by atoms with E-state index in [1.807, 2.05) is 0 Å². The molecular weight excluding hydrogens is 410 g/mol. The average molecular weight is 425 g/mol. The summed E-state index contributed by atoms with van der Waals surface area (Å²) in [4.78, 5) is 18.6. The largest absolute Gasteiger partial charge is 0.573 e. The molecule has 1 fully saturated rings. The van der Waals surface area contributed by atoms with Gasteiger partial charge >= 0.3 is 6.36 Å². The van der Waals surface area contributed by atoms with Crippen LogP contribution in [0.3, 0.4) is 0 Å². The normalized spacial score (nSPS) is 17.0. The molecule has 10 heteroatoms. The zero-order valence-electron chi connectivity index (χ0n) is 14.9. The molecule has 0 radical (unpaired) electrons. The number of thiazole rings is 1. The fraction of sp³-hybridized carbons (Fsp3) is 0.263. The highest BCUT2D eigenvalue weighted by atomic mass is 32.1. The van der Waals surface area contributed by atoms with Crippen LogP contribution in [0.25, 0.3) is 10.2 Å². The van der Waals surface area contributed by atoms with Crippen molar-refractivity contribution in [2.24, 2.45) is 0 Å². The molecule has 1 saturated heterocycles. The minimum atomic E-state index is -4.88. The van der Waals surface area contributed by atoms with E-state index in [1.165, 1.54) is 46.6 Å². The summed E-state index contributed by atoms with van der Waals surface area (Å²) in [7, 11) is 0. The first-order chi connectivity index (χ1) is 13.8. The summed E-state index contributed by atoms with van der Waals surface area (Å²) in [5.74, 6) is -1.39. The summed E-state index contributed by atoms with van der Waals surface area (Å²) in [5.41, 5.74) is 0.531. The number of para-hydroxylation sites is 1. The van der Waals surface area contributed by atoms with Crippen molar-refractivity contribution in [1.82, 2.24) is 9.88 Å². The molecule has 2 heterocycles. The van der Waals surface area contributed by atoms with Gasteiger partial charge in [0.15, 0.2) is 5.13 Å². The second-order valence-corrected chi connectivity index (χ2v) is 7.59. The highest BCUT2D eigenvalue weighted by Gasteiger charge is 2.34. The molecule has 1 aromatic heterocycles. The lowest BCUT2D eigenvalue weighted by molar-refractivity contribution is -0.274. The monoisotopic (exact) mass is 425 g/mol. The van der Waals surface area contributed by atoms with Gasteiger partial charge in [-0.2, -0.15) is 0 Å². The maximum atomic E-state index is 13.3. The number of carbonyl (C=O) groups excluding carboxylic acids is 1. The van der Waals surface area contributed by atoms with E-state index >= 15 is 0 Å². The Kier molecular flexibility index (Phi) is 5.03. The third-order valence-electron chi connectivity index (χ3n) is 4.50. The molecular formula is C19H15F4N3O2S. The summed E-state index contributed by atoms with van der Waals surface area (Å²) in [5, 5.41) is 3.82. The number of hydrogen-bond acceptors (Lipinski definition) is 5. The van der Waals surface area contributed by atoms with Gasteiger partial charge in [-0.1, -0.05) is 23.5 Å². The highest BCUT2D eigenvalue weighted by molar-refractivity contribution is 7.22. The fourth-order valence-electron chi connectivity index (χ4n) is 3.22. The van der Waals surface area contributed by atoms with Gasteiger partial charge in [0.25, 0.3) is 5.91 Å². The van der Waals surface area contributed by atoms with Crippen molar-refractivity contribution in [3.63, 3.8) is 0 Å². The highest BCUT2D eigenvalue weighted by Crippen LogP contribution is 2.30. The Bertz CT molecular complexity index is 1050. The van der Waals surface area contributed by atoms with Gasteiger partial charge in [-0.25, -0.2) is 9.37 Å². The van der Waals surface area contributed by atoms with E-state index in [9.17, 15) is 22.4 Å². The third-order valence-corrected chi connectivity index (χ3v) is 5.45. The van der Waals surface area contributed by atoms with Crippen LogP contribution >= 0.6 is 11.3 Å². The number of rotatable bonds is 4. The van der Waals surface area contributed by atoms with Crippen LogP contribution in [-0.4, -0.2) is 41.3 Å². The number of amides is 1. The van der Waals surface area contributed by atoms with Gasteiger partial charge in [-0.15, -0.1) is 13.2 Å². The second kappa shape index (κ2) is 7.51. The number of likely N-dealkylation sites (tertiary alicyclic amines) is 1. The van der Waals surface area contributed by atoms with Crippen LogP contribution in [0, 0.1) is 5.82 Å². The predicted octanol–water partition coefficient (Wildman–Crippen LogP) is 4.66. The van der Waals surface area contributed by atoms with E-state index in [-0.39, 0.29) is 17.4 Å². The average Bonchev–Trinajstić information content (AvgIpc) is 3.26. The van der Waals surface area contributed by atoms with Crippen molar-refractivity contribution in [1.29, 1.82) is 0 Å². The molecule has 1 aliphatic rings. The molecule has 152 valence electrons. The number of anilines is 1. The predicted molar refractivity (Wildman–Crippen MR) is 101 cm³/mol. The van der Waals surface area contributed by atoms with Crippen molar-refractivity contribution in [2.45, 2.75) is 18.8 Å². The van der Waals surface area contributed by atoms with Crippen LogP contribution in [0.4, 0.5) is 22.7 Å². The minimum Gasteiger partial charge on any atom is -0.405 e. The second-order valence-electron chi connectivity index (χ2n) is 6.56. The van der Waals surface area contributed by atoms with Gasteiger partial charge in [0.05, 0.1) is 15.8 Å². The molecule has 2 aromatic carbocycles. The van der Waals surface area contributed by atoms with Crippen molar-refractivity contribution in [3.05, 3.63) is 53.8 Å². The van der Waals surface area contributed by atoms with E-state index in [0.29, 0.717) is 34.9 Å². The van der Waals surface area contributed by atoms with Gasteiger partial charge in [-0.05, 0) is 36.8 Å².